The van der Waals surface area contributed by atoms with Crippen LogP contribution in [0.5, 0.6) is 0 Å². The fraction of sp³-hybridized carbons (Fsp3) is 0.182. The summed E-state index contributed by atoms with van der Waals surface area (Å²) in [4.78, 5) is 22.9. The average Bonchev–Trinajstić information content (AvgIpc) is 2.87. The third-order valence-electron chi connectivity index (χ3n) is 2.27. The van der Waals surface area contributed by atoms with Crippen molar-refractivity contribution in [1.29, 1.82) is 0 Å². The van der Waals surface area contributed by atoms with Gasteiger partial charge in [0.05, 0.1) is 5.69 Å². The summed E-state index contributed by atoms with van der Waals surface area (Å²) in [6.07, 6.45) is 0. The first kappa shape index (κ1) is 12.3. The third-order valence-corrected chi connectivity index (χ3v) is 3.35. The van der Waals surface area contributed by atoms with Crippen LogP contribution in [-0.2, 0) is 0 Å². The van der Waals surface area contributed by atoms with E-state index in [1.807, 2.05) is 0 Å². The fourth-order valence-corrected chi connectivity index (χ4v) is 2.25. The molecule has 0 aliphatic heterocycles. The van der Waals surface area contributed by atoms with E-state index >= 15 is 0 Å². The second-order valence-corrected chi connectivity index (χ2v) is 4.58. The van der Waals surface area contributed by atoms with Crippen LogP contribution in [0.2, 0.25) is 0 Å². The van der Waals surface area contributed by atoms with E-state index in [-0.39, 0.29) is 10.6 Å². The molecule has 2 aromatic heterocycles. The molecule has 0 aliphatic rings. The van der Waals surface area contributed by atoms with E-state index in [9.17, 15) is 9.59 Å². The molecular weight excluding hydrogens is 256 g/mol. The Morgan fingerprint density at radius 1 is 1.44 bits per heavy atom. The summed E-state index contributed by atoms with van der Waals surface area (Å²) in [7, 11) is 0. The van der Waals surface area contributed by atoms with E-state index in [0.717, 1.165) is 11.3 Å². The van der Waals surface area contributed by atoms with Gasteiger partial charge in [-0.1, -0.05) is 5.16 Å². The largest absolute Gasteiger partial charge is 0.477 e. The number of aromatic nitrogens is 1. The molecule has 1 amide bonds. The number of anilines is 1. The van der Waals surface area contributed by atoms with Gasteiger partial charge in [-0.15, -0.1) is 11.3 Å². The van der Waals surface area contributed by atoms with E-state index in [0.29, 0.717) is 17.0 Å². The van der Waals surface area contributed by atoms with Crippen molar-refractivity contribution in [2.45, 2.75) is 13.8 Å². The molecule has 0 saturated heterocycles. The SMILES string of the molecule is Cc1cc(C(=O)Nc2c(C)csc2C(=O)O)no1. The van der Waals surface area contributed by atoms with E-state index < -0.39 is 11.9 Å². The van der Waals surface area contributed by atoms with Crippen LogP contribution in [0.4, 0.5) is 5.69 Å². The molecular formula is C11H10N2O4S. The van der Waals surface area contributed by atoms with E-state index in [1.165, 1.54) is 6.07 Å². The molecule has 0 unspecified atom stereocenters. The lowest BCUT2D eigenvalue weighted by Gasteiger charge is -2.03. The van der Waals surface area contributed by atoms with Gasteiger partial charge < -0.3 is 14.9 Å². The Bertz CT molecular complexity index is 614. The number of aromatic carboxylic acids is 1. The van der Waals surface area contributed by atoms with Crippen molar-refractivity contribution >= 4 is 28.9 Å². The zero-order valence-corrected chi connectivity index (χ0v) is 10.5. The second-order valence-electron chi connectivity index (χ2n) is 3.70. The maximum atomic E-state index is 11.8. The summed E-state index contributed by atoms with van der Waals surface area (Å²) < 4.78 is 4.79. The van der Waals surface area contributed by atoms with Gasteiger partial charge in [0.25, 0.3) is 5.91 Å². The summed E-state index contributed by atoms with van der Waals surface area (Å²) in [5.41, 5.74) is 1.12. The van der Waals surface area contributed by atoms with Crippen LogP contribution in [0.3, 0.4) is 0 Å². The predicted molar refractivity (Wildman–Crippen MR) is 65.2 cm³/mol. The van der Waals surface area contributed by atoms with E-state index in [2.05, 4.69) is 10.5 Å². The summed E-state index contributed by atoms with van der Waals surface area (Å²) >= 11 is 1.07. The highest BCUT2D eigenvalue weighted by Crippen LogP contribution is 2.27. The standard InChI is InChI=1S/C11H10N2O4S/c1-5-4-18-9(11(15)16)8(5)12-10(14)7-3-6(2)17-13-7/h3-4H,1-2H3,(H,12,14)(H,15,16). The minimum Gasteiger partial charge on any atom is -0.477 e. The molecule has 0 atom stereocenters. The maximum absolute atomic E-state index is 11.8. The normalized spacial score (nSPS) is 10.3. The number of nitrogens with one attached hydrogen (secondary N) is 1. The van der Waals surface area contributed by atoms with Crippen molar-refractivity contribution in [3.8, 4) is 0 Å². The van der Waals surface area contributed by atoms with Gasteiger partial charge in [0, 0.05) is 6.07 Å². The molecule has 2 rings (SSSR count). The minimum absolute atomic E-state index is 0.0982. The van der Waals surface area contributed by atoms with Crippen molar-refractivity contribution in [3.63, 3.8) is 0 Å². The number of amides is 1. The first-order chi connectivity index (χ1) is 8.49. The molecule has 94 valence electrons. The Morgan fingerprint density at radius 2 is 2.17 bits per heavy atom. The molecule has 2 N–H and O–H groups in total. The number of thiophene rings is 1. The van der Waals surface area contributed by atoms with Gasteiger partial charge in [0.15, 0.2) is 5.69 Å². The van der Waals surface area contributed by atoms with Gasteiger partial charge in [-0.05, 0) is 24.8 Å². The highest BCUT2D eigenvalue weighted by molar-refractivity contribution is 7.12. The van der Waals surface area contributed by atoms with Gasteiger partial charge >= 0.3 is 5.97 Å². The number of nitrogens with zero attached hydrogens (tertiary/aromatic N) is 1. The first-order valence-electron chi connectivity index (χ1n) is 5.05. The molecule has 2 aromatic rings. The fourth-order valence-electron chi connectivity index (χ4n) is 1.41. The molecule has 2 heterocycles. The van der Waals surface area contributed by atoms with Gasteiger partial charge in [-0.3, -0.25) is 4.79 Å². The molecule has 0 radical (unpaired) electrons. The number of carbonyl (C=O) groups is 2. The molecule has 6 nitrogen and oxygen atoms in total. The van der Waals surface area contributed by atoms with Gasteiger partial charge in [-0.25, -0.2) is 4.79 Å². The quantitative estimate of drug-likeness (QED) is 0.889. The van der Waals surface area contributed by atoms with Gasteiger partial charge in [0.2, 0.25) is 0 Å². The van der Waals surface area contributed by atoms with Crippen molar-refractivity contribution in [2.24, 2.45) is 0 Å². The number of rotatable bonds is 3. The Kier molecular flexibility index (Phi) is 3.15. The van der Waals surface area contributed by atoms with Crippen LogP contribution in [0.25, 0.3) is 0 Å². The van der Waals surface area contributed by atoms with E-state index in [1.54, 1.807) is 19.2 Å². The molecule has 0 aromatic carbocycles. The molecule has 18 heavy (non-hydrogen) atoms. The van der Waals surface area contributed by atoms with Crippen LogP contribution in [0.1, 0.15) is 31.5 Å². The number of carbonyl (C=O) groups excluding carboxylic acids is 1. The Hall–Kier alpha value is -2.15. The molecule has 0 bridgehead atoms. The van der Waals surface area contributed by atoms with Crippen LogP contribution >= 0.6 is 11.3 Å². The Labute approximate surface area is 106 Å². The molecule has 0 spiro atoms. The van der Waals surface area contributed by atoms with Crippen molar-refractivity contribution in [3.05, 3.63) is 33.3 Å². The molecule has 7 heteroatoms. The molecule has 0 fully saturated rings. The van der Waals surface area contributed by atoms with Crippen molar-refractivity contribution in [1.82, 2.24) is 5.16 Å². The first-order valence-corrected chi connectivity index (χ1v) is 5.93. The average molecular weight is 266 g/mol. The summed E-state index contributed by atoms with van der Waals surface area (Å²) in [6.45, 7) is 3.40. The highest BCUT2D eigenvalue weighted by atomic mass is 32.1. The van der Waals surface area contributed by atoms with Crippen LogP contribution < -0.4 is 5.32 Å². The zero-order chi connectivity index (χ0) is 13.3. The minimum atomic E-state index is -1.07. The lowest BCUT2D eigenvalue weighted by atomic mass is 10.2. The Morgan fingerprint density at radius 3 is 2.72 bits per heavy atom. The molecule has 0 aliphatic carbocycles. The maximum Gasteiger partial charge on any atom is 0.348 e. The van der Waals surface area contributed by atoms with Crippen molar-refractivity contribution in [2.75, 3.05) is 5.32 Å². The van der Waals surface area contributed by atoms with Crippen LogP contribution in [0.15, 0.2) is 16.0 Å². The number of hydrogen-bond acceptors (Lipinski definition) is 5. The van der Waals surface area contributed by atoms with Crippen LogP contribution in [0, 0.1) is 13.8 Å². The zero-order valence-electron chi connectivity index (χ0n) is 9.68. The van der Waals surface area contributed by atoms with Crippen molar-refractivity contribution < 1.29 is 19.2 Å². The Balaban J connectivity index is 2.27. The monoisotopic (exact) mass is 266 g/mol. The summed E-state index contributed by atoms with van der Waals surface area (Å²) in [6, 6.07) is 1.48. The highest BCUT2D eigenvalue weighted by Gasteiger charge is 2.19. The van der Waals surface area contributed by atoms with Crippen LogP contribution in [-0.4, -0.2) is 22.1 Å². The predicted octanol–water partition coefficient (Wildman–Crippen LogP) is 2.30. The summed E-state index contributed by atoms with van der Waals surface area (Å²) in [5, 5.41) is 16.8. The summed E-state index contributed by atoms with van der Waals surface area (Å²) in [5.74, 6) is -1.05. The number of aryl methyl sites for hydroxylation is 2. The van der Waals surface area contributed by atoms with E-state index in [4.69, 9.17) is 9.63 Å². The third kappa shape index (κ3) is 2.25. The number of carboxylic acids is 1. The number of hydrogen-bond donors (Lipinski definition) is 2. The topological polar surface area (TPSA) is 92.4 Å². The lowest BCUT2D eigenvalue weighted by Crippen LogP contribution is -2.14. The second kappa shape index (κ2) is 4.61. The lowest BCUT2D eigenvalue weighted by molar-refractivity contribution is 0.0703. The number of carboxylic acid groups (broad SMARTS) is 1. The van der Waals surface area contributed by atoms with Gasteiger partial charge in [0.1, 0.15) is 10.6 Å². The smallest absolute Gasteiger partial charge is 0.348 e. The van der Waals surface area contributed by atoms with Gasteiger partial charge in [-0.2, -0.15) is 0 Å². The molecule has 0 saturated carbocycles.